The van der Waals surface area contributed by atoms with Crippen molar-refractivity contribution in [1.29, 1.82) is 0 Å². The summed E-state index contributed by atoms with van der Waals surface area (Å²) in [4.78, 5) is 17.4. The zero-order chi connectivity index (χ0) is 16.7. The van der Waals surface area contributed by atoms with Gasteiger partial charge in [0.05, 0.1) is 5.75 Å². The number of nitrogens with zero attached hydrogens (tertiary/aromatic N) is 5. The summed E-state index contributed by atoms with van der Waals surface area (Å²) in [6, 6.07) is 3.80. The van der Waals surface area contributed by atoms with E-state index in [4.69, 9.17) is 4.74 Å². The van der Waals surface area contributed by atoms with Gasteiger partial charge in [0.2, 0.25) is 5.91 Å². The Bertz CT molecular complexity index is 630. The highest BCUT2D eigenvalue weighted by Crippen LogP contribution is 2.24. The van der Waals surface area contributed by atoms with Gasteiger partial charge < -0.3 is 14.2 Å². The minimum atomic E-state index is 0.0481. The monoisotopic (exact) mass is 335 g/mol. The third kappa shape index (κ3) is 4.77. The van der Waals surface area contributed by atoms with E-state index < -0.39 is 0 Å². The maximum atomic E-state index is 11.8. The summed E-state index contributed by atoms with van der Waals surface area (Å²) < 4.78 is 7.15. The molecule has 0 N–H and O–H groups in total. The van der Waals surface area contributed by atoms with Crippen molar-refractivity contribution in [3.8, 4) is 11.4 Å². The fraction of sp³-hybridized carbons (Fsp3) is 0.467. The van der Waals surface area contributed by atoms with Crippen molar-refractivity contribution in [2.75, 3.05) is 33.6 Å². The second-order valence-corrected chi connectivity index (χ2v) is 6.06. The number of carbonyl (C=O) groups is 1. The van der Waals surface area contributed by atoms with E-state index in [0.717, 1.165) is 29.5 Å². The zero-order valence-corrected chi connectivity index (χ0v) is 14.4. The van der Waals surface area contributed by atoms with Crippen LogP contribution in [0.15, 0.2) is 29.7 Å². The molecule has 0 atom stereocenters. The summed E-state index contributed by atoms with van der Waals surface area (Å²) in [5.41, 5.74) is 0.954. The molecule has 124 valence electrons. The second-order valence-electron chi connectivity index (χ2n) is 5.12. The second kappa shape index (κ2) is 8.64. The van der Waals surface area contributed by atoms with Crippen LogP contribution in [0.1, 0.15) is 6.42 Å². The summed E-state index contributed by atoms with van der Waals surface area (Å²) in [5.74, 6) is 1.17. The van der Waals surface area contributed by atoms with E-state index in [9.17, 15) is 4.79 Å². The van der Waals surface area contributed by atoms with Gasteiger partial charge in [-0.3, -0.25) is 9.78 Å². The smallest absolute Gasteiger partial charge is 0.232 e. The topological polar surface area (TPSA) is 73.1 Å². The summed E-state index contributed by atoms with van der Waals surface area (Å²) >= 11 is 1.40. The van der Waals surface area contributed by atoms with Crippen molar-refractivity contribution >= 4 is 17.7 Å². The molecule has 0 unspecified atom stereocenters. The van der Waals surface area contributed by atoms with Gasteiger partial charge in [0, 0.05) is 52.3 Å². The predicted octanol–water partition coefficient (Wildman–Crippen LogP) is 1.56. The number of carbonyl (C=O) groups excluding carboxylic acids is 1. The molecule has 0 aromatic carbocycles. The van der Waals surface area contributed by atoms with Crippen molar-refractivity contribution in [3.05, 3.63) is 24.5 Å². The number of hydrogen-bond acceptors (Lipinski definition) is 6. The van der Waals surface area contributed by atoms with Gasteiger partial charge in [-0.2, -0.15) is 0 Å². The third-order valence-corrected chi connectivity index (χ3v) is 4.16. The van der Waals surface area contributed by atoms with Gasteiger partial charge in [-0.05, 0) is 18.6 Å². The molecule has 0 aliphatic carbocycles. The number of thioether (sulfide) groups is 1. The Balaban J connectivity index is 2.20. The predicted molar refractivity (Wildman–Crippen MR) is 89.2 cm³/mol. The largest absolute Gasteiger partial charge is 0.385 e. The first kappa shape index (κ1) is 17.4. The van der Waals surface area contributed by atoms with Crippen molar-refractivity contribution < 1.29 is 9.53 Å². The molecule has 0 radical (unpaired) electrons. The molecule has 8 heteroatoms. The van der Waals surface area contributed by atoms with E-state index in [1.54, 1.807) is 38.5 Å². The number of pyridine rings is 1. The molecule has 2 aromatic heterocycles. The van der Waals surface area contributed by atoms with Crippen LogP contribution in [0.5, 0.6) is 0 Å². The van der Waals surface area contributed by atoms with Gasteiger partial charge in [-0.25, -0.2) is 0 Å². The van der Waals surface area contributed by atoms with Gasteiger partial charge in [0.1, 0.15) is 0 Å². The van der Waals surface area contributed by atoms with Crippen LogP contribution in [0, 0.1) is 0 Å². The van der Waals surface area contributed by atoms with Gasteiger partial charge in [-0.1, -0.05) is 11.8 Å². The van der Waals surface area contributed by atoms with Crippen LogP contribution < -0.4 is 0 Å². The van der Waals surface area contributed by atoms with Crippen LogP contribution in [0.2, 0.25) is 0 Å². The Morgan fingerprint density at radius 1 is 1.30 bits per heavy atom. The quantitative estimate of drug-likeness (QED) is 0.538. The minimum Gasteiger partial charge on any atom is -0.385 e. The minimum absolute atomic E-state index is 0.0481. The maximum absolute atomic E-state index is 11.8. The highest BCUT2D eigenvalue weighted by Gasteiger charge is 2.16. The lowest BCUT2D eigenvalue weighted by molar-refractivity contribution is -0.125. The molecular formula is C15H21N5O2S. The normalized spacial score (nSPS) is 10.7. The number of amides is 1. The van der Waals surface area contributed by atoms with Gasteiger partial charge in [0.25, 0.3) is 0 Å². The van der Waals surface area contributed by atoms with E-state index in [1.165, 1.54) is 11.8 Å². The number of ether oxygens (including phenoxy) is 1. The first-order valence-corrected chi connectivity index (χ1v) is 8.27. The summed E-state index contributed by atoms with van der Waals surface area (Å²) in [7, 11) is 5.17. The van der Waals surface area contributed by atoms with Gasteiger partial charge >= 0.3 is 0 Å². The molecule has 0 aliphatic rings. The van der Waals surface area contributed by atoms with E-state index in [0.29, 0.717) is 12.4 Å². The molecule has 7 nitrogen and oxygen atoms in total. The van der Waals surface area contributed by atoms with Crippen LogP contribution >= 0.6 is 11.8 Å². The Labute approximate surface area is 140 Å². The summed E-state index contributed by atoms with van der Waals surface area (Å²) in [5, 5.41) is 9.27. The zero-order valence-electron chi connectivity index (χ0n) is 13.6. The Hall–Kier alpha value is -1.93. The Kier molecular flexibility index (Phi) is 6.54. The molecule has 0 aliphatic heterocycles. The highest BCUT2D eigenvalue weighted by molar-refractivity contribution is 7.99. The van der Waals surface area contributed by atoms with Crippen molar-refractivity contribution in [1.82, 2.24) is 24.6 Å². The molecule has 0 fully saturated rings. The highest BCUT2D eigenvalue weighted by atomic mass is 32.2. The number of aromatic nitrogens is 4. The van der Waals surface area contributed by atoms with E-state index in [-0.39, 0.29) is 5.91 Å². The molecule has 0 saturated carbocycles. The fourth-order valence-electron chi connectivity index (χ4n) is 1.93. The average molecular weight is 335 g/mol. The molecule has 0 saturated heterocycles. The molecule has 2 rings (SSSR count). The lowest BCUT2D eigenvalue weighted by atomic mass is 10.2. The Morgan fingerprint density at radius 3 is 2.70 bits per heavy atom. The molecule has 2 heterocycles. The molecule has 2 aromatic rings. The third-order valence-electron chi connectivity index (χ3n) is 3.21. The van der Waals surface area contributed by atoms with Crippen LogP contribution in [0.3, 0.4) is 0 Å². The fourth-order valence-corrected chi connectivity index (χ4v) is 2.88. The number of hydrogen-bond donors (Lipinski definition) is 0. The lowest BCUT2D eigenvalue weighted by Crippen LogP contribution is -2.23. The molecule has 1 amide bonds. The molecule has 0 bridgehead atoms. The number of rotatable bonds is 8. The molecular weight excluding hydrogens is 314 g/mol. The van der Waals surface area contributed by atoms with Crippen LogP contribution in [0.4, 0.5) is 0 Å². The molecule has 23 heavy (non-hydrogen) atoms. The van der Waals surface area contributed by atoms with E-state index >= 15 is 0 Å². The van der Waals surface area contributed by atoms with Crippen LogP contribution in [0.25, 0.3) is 11.4 Å². The Morgan fingerprint density at radius 2 is 2.04 bits per heavy atom. The first-order chi connectivity index (χ1) is 11.1. The number of methoxy groups -OCH3 is 1. The summed E-state index contributed by atoms with van der Waals surface area (Å²) in [6.45, 7) is 1.39. The van der Waals surface area contributed by atoms with Gasteiger partial charge in [-0.15, -0.1) is 10.2 Å². The van der Waals surface area contributed by atoms with Gasteiger partial charge in [0.15, 0.2) is 11.0 Å². The molecule has 0 spiro atoms. The maximum Gasteiger partial charge on any atom is 0.232 e. The summed E-state index contributed by atoms with van der Waals surface area (Å²) in [6.07, 6.45) is 4.31. The standard InChI is InChI=1S/C15H21N5O2S/c1-19(2)13(21)11-23-15-18-17-14(12-5-7-16-8-6-12)20(15)9-4-10-22-3/h5-8H,4,9-11H2,1-3H3. The first-order valence-electron chi connectivity index (χ1n) is 7.29. The van der Waals surface area contributed by atoms with Crippen molar-refractivity contribution in [2.24, 2.45) is 0 Å². The van der Waals surface area contributed by atoms with Crippen LogP contribution in [-0.2, 0) is 16.1 Å². The average Bonchev–Trinajstić information content (AvgIpc) is 2.96. The van der Waals surface area contributed by atoms with Crippen LogP contribution in [-0.4, -0.2) is 64.1 Å². The lowest BCUT2D eigenvalue weighted by Gasteiger charge is -2.11. The SMILES string of the molecule is COCCCn1c(SCC(=O)N(C)C)nnc1-c1ccncc1. The van der Waals surface area contributed by atoms with E-state index in [1.807, 2.05) is 16.7 Å². The van der Waals surface area contributed by atoms with Crippen molar-refractivity contribution in [2.45, 2.75) is 18.1 Å². The van der Waals surface area contributed by atoms with Crippen molar-refractivity contribution in [3.63, 3.8) is 0 Å². The van der Waals surface area contributed by atoms with E-state index in [2.05, 4.69) is 15.2 Å².